The second-order valence-corrected chi connectivity index (χ2v) is 8.01. The van der Waals surface area contributed by atoms with Crippen molar-refractivity contribution >= 4 is 0 Å². The minimum absolute atomic E-state index is 0.409. The third-order valence-corrected chi connectivity index (χ3v) is 5.08. The first kappa shape index (κ1) is 15.0. The van der Waals surface area contributed by atoms with E-state index in [1.54, 1.807) is 0 Å². The molecule has 1 saturated carbocycles. The summed E-state index contributed by atoms with van der Waals surface area (Å²) in [7, 11) is 0. The van der Waals surface area contributed by atoms with Gasteiger partial charge in [-0.25, -0.2) is 0 Å². The summed E-state index contributed by atoms with van der Waals surface area (Å²) in [6.45, 7) is 17.8. The zero-order valence-corrected chi connectivity index (χ0v) is 13.1. The van der Waals surface area contributed by atoms with Crippen molar-refractivity contribution in [3.63, 3.8) is 0 Å². The second kappa shape index (κ2) is 5.30. The van der Waals surface area contributed by atoms with Gasteiger partial charge in [-0.3, -0.25) is 0 Å². The van der Waals surface area contributed by atoms with Crippen molar-refractivity contribution in [2.45, 2.75) is 73.8 Å². The van der Waals surface area contributed by atoms with Crippen LogP contribution in [0.3, 0.4) is 0 Å². The van der Waals surface area contributed by atoms with Gasteiger partial charge >= 0.3 is 0 Å². The summed E-state index contributed by atoms with van der Waals surface area (Å²) in [4.78, 5) is 0. The zero-order chi connectivity index (χ0) is 13.3. The highest BCUT2D eigenvalue weighted by Gasteiger charge is 2.33. The molecule has 2 unspecified atom stereocenters. The van der Waals surface area contributed by atoms with E-state index in [2.05, 4.69) is 53.8 Å². The lowest BCUT2D eigenvalue weighted by Crippen LogP contribution is -2.46. The summed E-state index contributed by atoms with van der Waals surface area (Å²) in [6, 6.07) is 0.737. The molecule has 1 N–H and O–H groups in total. The van der Waals surface area contributed by atoms with Crippen molar-refractivity contribution in [1.29, 1.82) is 0 Å². The maximum atomic E-state index is 3.83. The van der Waals surface area contributed by atoms with Gasteiger partial charge in [0.2, 0.25) is 0 Å². The van der Waals surface area contributed by atoms with Crippen LogP contribution in [0.1, 0.15) is 67.7 Å². The summed E-state index contributed by atoms with van der Waals surface area (Å²) in [5.41, 5.74) is 0.970. The van der Waals surface area contributed by atoms with Gasteiger partial charge in [0.25, 0.3) is 0 Å². The third-order valence-electron chi connectivity index (χ3n) is 5.08. The molecule has 0 radical (unpaired) electrons. The highest BCUT2D eigenvalue weighted by molar-refractivity contribution is 4.88. The molecule has 0 aromatic rings. The van der Waals surface area contributed by atoms with Crippen LogP contribution in [0.2, 0.25) is 0 Å². The van der Waals surface area contributed by atoms with Gasteiger partial charge in [-0.15, -0.1) is 0 Å². The Morgan fingerprint density at radius 3 is 2.35 bits per heavy atom. The van der Waals surface area contributed by atoms with E-state index >= 15 is 0 Å². The van der Waals surface area contributed by atoms with E-state index in [-0.39, 0.29) is 0 Å². The molecule has 0 spiro atoms. The number of hydrogen-bond donors (Lipinski definition) is 1. The van der Waals surface area contributed by atoms with Crippen molar-refractivity contribution in [2.24, 2.45) is 22.7 Å². The molecule has 2 atom stereocenters. The van der Waals surface area contributed by atoms with Crippen LogP contribution in [0.25, 0.3) is 0 Å². The molecule has 0 bridgehead atoms. The van der Waals surface area contributed by atoms with Crippen LogP contribution < -0.4 is 5.32 Å². The van der Waals surface area contributed by atoms with E-state index in [4.69, 9.17) is 0 Å². The first-order valence-corrected chi connectivity index (χ1v) is 7.37. The normalized spacial score (nSPS) is 29.6. The van der Waals surface area contributed by atoms with Crippen LogP contribution in [0, 0.1) is 22.7 Å². The Bertz CT molecular complexity index is 240. The van der Waals surface area contributed by atoms with E-state index in [0.29, 0.717) is 10.8 Å². The third kappa shape index (κ3) is 4.28. The van der Waals surface area contributed by atoms with Crippen LogP contribution in [0.4, 0.5) is 0 Å². The van der Waals surface area contributed by atoms with Crippen molar-refractivity contribution in [2.75, 3.05) is 6.54 Å². The monoisotopic (exact) mass is 239 g/mol. The Kier molecular flexibility index (Phi) is 4.68. The van der Waals surface area contributed by atoms with Crippen molar-refractivity contribution in [3.8, 4) is 0 Å². The summed E-state index contributed by atoms with van der Waals surface area (Å²) in [5.74, 6) is 1.56. The van der Waals surface area contributed by atoms with Gasteiger partial charge in [0, 0.05) is 12.6 Å². The average Bonchev–Trinajstić information content (AvgIpc) is 2.14. The van der Waals surface area contributed by atoms with E-state index in [0.717, 1.165) is 24.4 Å². The van der Waals surface area contributed by atoms with E-state index in [1.807, 2.05) is 0 Å². The lowest BCUT2D eigenvalue weighted by Gasteiger charge is -2.41. The largest absolute Gasteiger partial charge is 0.313 e. The highest BCUT2D eigenvalue weighted by Crippen LogP contribution is 2.38. The quantitative estimate of drug-likeness (QED) is 0.763. The predicted molar refractivity (Wildman–Crippen MR) is 77.2 cm³/mol. The summed E-state index contributed by atoms with van der Waals surface area (Å²) >= 11 is 0. The molecule has 17 heavy (non-hydrogen) atoms. The fourth-order valence-electron chi connectivity index (χ4n) is 2.85. The zero-order valence-electron chi connectivity index (χ0n) is 13.1. The van der Waals surface area contributed by atoms with E-state index in [1.165, 1.54) is 19.3 Å². The number of rotatable bonds is 4. The fourth-order valence-corrected chi connectivity index (χ4v) is 2.85. The molecule has 102 valence electrons. The summed E-state index contributed by atoms with van der Waals surface area (Å²) < 4.78 is 0. The molecular weight excluding hydrogens is 206 g/mol. The SMILES string of the molecule is CC1CC(C)(C)CCC1NCC(C)(C)C(C)C. The minimum atomic E-state index is 0.409. The predicted octanol–water partition coefficient (Wildman–Crippen LogP) is 4.47. The van der Waals surface area contributed by atoms with Crippen LogP contribution in [-0.4, -0.2) is 12.6 Å². The van der Waals surface area contributed by atoms with Gasteiger partial charge in [-0.05, 0) is 41.9 Å². The lowest BCUT2D eigenvalue weighted by atomic mass is 9.70. The van der Waals surface area contributed by atoms with Gasteiger partial charge < -0.3 is 5.32 Å². The molecule has 0 aromatic heterocycles. The Labute approximate surface area is 109 Å². The Morgan fingerprint density at radius 1 is 1.29 bits per heavy atom. The molecule has 1 fully saturated rings. The van der Waals surface area contributed by atoms with Gasteiger partial charge in [0.05, 0.1) is 0 Å². The number of hydrogen-bond acceptors (Lipinski definition) is 1. The Morgan fingerprint density at radius 2 is 1.88 bits per heavy atom. The summed E-state index contributed by atoms with van der Waals surface area (Å²) in [6.07, 6.45) is 4.09. The minimum Gasteiger partial charge on any atom is -0.313 e. The maximum absolute atomic E-state index is 3.83. The van der Waals surface area contributed by atoms with E-state index in [9.17, 15) is 0 Å². The molecule has 1 heteroatoms. The van der Waals surface area contributed by atoms with Crippen molar-refractivity contribution < 1.29 is 0 Å². The lowest BCUT2D eigenvalue weighted by molar-refractivity contribution is 0.132. The van der Waals surface area contributed by atoms with Crippen molar-refractivity contribution in [1.82, 2.24) is 5.32 Å². The van der Waals surface area contributed by atoms with Crippen molar-refractivity contribution in [3.05, 3.63) is 0 Å². The standard InChI is InChI=1S/C16H33N/c1-12(2)16(6,7)11-17-14-8-9-15(4,5)10-13(14)3/h12-14,17H,8-11H2,1-7H3. The Balaban J connectivity index is 2.44. The Hall–Kier alpha value is -0.0400. The molecule has 0 heterocycles. The highest BCUT2D eigenvalue weighted by atomic mass is 14.9. The van der Waals surface area contributed by atoms with Gasteiger partial charge in [0.1, 0.15) is 0 Å². The molecule has 0 aliphatic heterocycles. The first-order valence-electron chi connectivity index (χ1n) is 7.37. The first-order chi connectivity index (χ1) is 7.64. The van der Waals surface area contributed by atoms with Crippen LogP contribution >= 0.6 is 0 Å². The van der Waals surface area contributed by atoms with Gasteiger partial charge in [-0.1, -0.05) is 48.5 Å². The number of nitrogens with one attached hydrogen (secondary N) is 1. The second-order valence-electron chi connectivity index (χ2n) is 8.01. The van der Waals surface area contributed by atoms with Crippen LogP contribution in [-0.2, 0) is 0 Å². The molecule has 1 rings (SSSR count). The van der Waals surface area contributed by atoms with Gasteiger partial charge in [-0.2, -0.15) is 0 Å². The molecule has 0 amide bonds. The van der Waals surface area contributed by atoms with Crippen LogP contribution in [0.15, 0.2) is 0 Å². The molecular formula is C16H33N. The molecule has 1 aliphatic rings. The molecule has 1 aliphatic carbocycles. The van der Waals surface area contributed by atoms with E-state index < -0.39 is 0 Å². The van der Waals surface area contributed by atoms with Crippen LogP contribution in [0.5, 0.6) is 0 Å². The smallest absolute Gasteiger partial charge is 0.00933 e. The van der Waals surface area contributed by atoms with Gasteiger partial charge in [0.15, 0.2) is 0 Å². The molecule has 1 nitrogen and oxygen atoms in total. The maximum Gasteiger partial charge on any atom is 0.00933 e. The molecule has 0 aromatic carbocycles. The topological polar surface area (TPSA) is 12.0 Å². The average molecular weight is 239 g/mol. The fraction of sp³-hybridized carbons (Fsp3) is 1.00. The summed E-state index contributed by atoms with van der Waals surface area (Å²) in [5, 5.41) is 3.83. The molecule has 0 saturated heterocycles.